The third-order valence-electron chi connectivity index (χ3n) is 2.85. The second-order valence-electron chi connectivity index (χ2n) is 4.77. The molecule has 23 heavy (non-hydrogen) atoms. The number of hydrogen-bond donors (Lipinski definition) is 0. The summed E-state index contributed by atoms with van der Waals surface area (Å²) in [4.78, 5) is 23.1. The zero-order valence-electron chi connectivity index (χ0n) is 13.0. The van der Waals surface area contributed by atoms with Crippen molar-refractivity contribution >= 4 is 23.5 Å². The summed E-state index contributed by atoms with van der Waals surface area (Å²) in [6, 6.07) is 4.00. The Labute approximate surface area is 140 Å². The Morgan fingerprint density at radius 2 is 1.96 bits per heavy atom. The summed E-state index contributed by atoms with van der Waals surface area (Å²) in [5, 5.41) is 0.0258. The lowest BCUT2D eigenvalue weighted by Gasteiger charge is -2.07. The van der Waals surface area contributed by atoms with Gasteiger partial charge in [-0.15, -0.1) is 0 Å². The first kappa shape index (κ1) is 19.2. The van der Waals surface area contributed by atoms with Crippen LogP contribution in [-0.2, 0) is 14.3 Å². The first-order chi connectivity index (χ1) is 11.0. The van der Waals surface area contributed by atoms with Crippen molar-refractivity contribution in [3.8, 4) is 5.75 Å². The number of esters is 2. The molecule has 0 aliphatic carbocycles. The molecule has 0 aromatic heterocycles. The number of carbonyl (C=O) groups excluding carboxylic acids is 2. The SMILES string of the molecule is CC/C=C/CCOC(=O)CCCC(=O)Oc1c(F)cccc1Cl. The van der Waals surface area contributed by atoms with E-state index in [0.29, 0.717) is 13.0 Å². The monoisotopic (exact) mass is 342 g/mol. The predicted molar refractivity (Wildman–Crippen MR) is 85.9 cm³/mol. The van der Waals surface area contributed by atoms with Gasteiger partial charge in [-0.3, -0.25) is 9.59 Å². The largest absolute Gasteiger partial charge is 0.465 e. The van der Waals surface area contributed by atoms with Gasteiger partial charge >= 0.3 is 11.9 Å². The van der Waals surface area contributed by atoms with Crippen molar-refractivity contribution in [2.75, 3.05) is 6.61 Å². The molecule has 1 rings (SSSR count). The van der Waals surface area contributed by atoms with Crippen LogP contribution in [-0.4, -0.2) is 18.5 Å². The predicted octanol–water partition coefficient (Wildman–Crippen LogP) is 4.45. The van der Waals surface area contributed by atoms with Crippen molar-refractivity contribution in [1.82, 2.24) is 0 Å². The summed E-state index contributed by atoms with van der Waals surface area (Å²) in [6.45, 7) is 2.35. The van der Waals surface area contributed by atoms with Crippen molar-refractivity contribution in [3.05, 3.63) is 41.2 Å². The first-order valence-corrected chi connectivity index (χ1v) is 7.87. The van der Waals surface area contributed by atoms with E-state index in [1.54, 1.807) is 0 Å². The molecule has 0 unspecified atom stereocenters. The van der Waals surface area contributed by atoms with Crippen LogP contribution in [0.2, 0.25) is 5.02 Å². The van der Waals surface area contributed by atoms with E-state index in [4.69, 9.17) is 21.1 Å². The van der Waals surface area contributed by atoms with Gasteiger partial charge in [-0.1, -0.05) is 36.7 Å². The number of para-hydroxylation sites is 1. The van der Waals surface area contributed by atoms with Crippen molar-refractivity contribution in [1.29, 1.82) is 0 Å². The Bertz CT molecular complexity index is 537. The van der Waals surface area contributed by atoms with E-state index in [0.717, 1.165) is 12.5 Å². The molecule has 126 valence electrons. The topological polar surface area (TPSA) is 52.6 Å². The van der Waals surface area contributed by atoms with Gasteiger partial charge in [0.05, 0.1) is 11.6 Å². The van der Waals surface area contributed by atoms with Gasteiger partial charge < -0.3 is 9.47 Å². The highest BCUT2D eigenvalue weighted by molar-refractivity contribution is 6.32. The highest BCUT2D eigenvalue weighted by Gasteiger charge is 2.13. The fraction of sp³-hybridized carbons (Fsp3) is 0.412. The van der Waals surface area contributed by atoms with Crippen molar-refractivity contribution in [3.63, 3.8) is 0 Å². The number of benzene rings is 1. The summed E-state index contributed by atoms with van der Waals surface area (Å²) >= 11 is 5.75. The Morgan fingerprint density at radius 3 is 2.65 bits per heavy atom. The average Bonchev–Trinajstić information content (AvgIpc) is 2.51. The molecular formula is C17H20ClFO4. The van der Waals surface area contributed by atoms with Crippen LogP contribution in [0.3, 0.4) is 0 Å². The van der Waals surface area contributed by atoms with Gasteiger partial charge in [0.15, 0.2) is 11.6 Å². The molecule has 0 aliphatic rings. The third kappa shape index (κ3) is 7.79. The van der Waals surface area contributed by atoms with Gasteiger partial charge in [0.25, 0.3) is 0 Å². The van der Waals surface area contributed by atoms with Crippen molar-refractivity contribution in [2.24, 2.45) is 0 Å². The molecular weight excluding hydrogens is 323 g/mol. The lowest BCUT2D eigenvalue weighted by molar-refractivity contribution is -0.143. The molecule has 0 radical (unpaired) electrons. The molecule has 0 bridgehead atoms. The van der Waals surface area contributed by atoms with Gasteiger partial charge in [0.2, 0.25) is 0 Å². The Kier molecular flexibility index (Phi) is 8.98. The zero-order valence-corrected chi connectivity index (χ0v) is 13.8. The van der Waals surface area contributed by atoms with Crippen LogP contribution < -0.4 is 4.74 Å². The Balaban J connectivity index is 2.24. The van der Waals surface area contributed by atoms with E-state index in [1.807, 2.05) is 19.1 Å². The highest BCUT2D eigenvalue weighted by atomic mass is 35.5. The number of hydrogen-bond acceptors (Lipinski definition) is 4. The van der Waals surface area contributed by atoms with E-state index < -0.39 is 11.8 Å². The number of ether oxygens (including phenoxy) is 2. The fourth-order valence-corrected chi connectivity index (χ4v) is 1.92. The van der Waals surface area contributed by atoms with E-state index in [9.17, 15) is 14.0 Å². The van der Waals surface area contributed by atoms with Gasteiger partial charge in [-0.2, -0.15) is 0 Å². The quantitative estimate of drug-likeness (QED) is 0.288. The molecule has 1 aromatic carbocycles. The van der Waals surface area contributed by atoms with Crippen LogP contribution in [0.4, 0.5) is 4.39 Å². The first-order valence-electron chi connectivity index (χ1n) is 7.50. The van der Waals surface area contributed by atoms with Gasteiger partial charge in [0, 0.05) is 12.8 Å². The second-order valence-corrected chi connectivity index (χ2v) is 5.17. The fourth-order valence-electron chi connectivity index (χ4n) is 1.72. The van der Waals surface area contributed by atoms with E-state index in [-0.39, 0.29) is 36.0 Å². The van der Waals surface area contributed by atoms with Crippen LogP contribution in [0.5, 0.6) is 5.75 Å². The summed E-state index contributed by atoms with van der Waals surface area (Å²) in [6.07, 6.45) is 5.93. The minimum absolute atomic E-state index is 0.0184. The van der Waals surface area contributed by atoms with Crippen LogP contribution in [0.25, 0.3) is 0 Å². The summed E-state index contributed by atoms with van der Waals surface area (Å²) in [5.74, 6) is -2.00. The lowest BCUT2D eigenvalue weighted by atomic mass is 10.2. The molecule has 0 aliphatic heterocycles. The molecule has 0 saturated heterocycles. The van der Waals surface area contributed by atoms with E-state index in [2.05, 4.69) is 0 Å². The molecule has 0 atom stereocenters. The highest BCUT2D eigenvalue weighted by Crippen LogP contribution is 2.27. The average molecular weight is 343 g/mol. The minimum atomic E-state index is -0.703. The number of allylic oxidation sites excluding steroid dienone is 1. The molecule has 0 N–H and O–H groups in total. The lowest BCUT2D eigenvalue weighted by Crippen LogP contribution is -2.11. The molecule has 6 heteroatoms. The van der Waals surface area contributed by atoms with Crippen LogP contribution in [0.15, 0.2) is 30.4 Å². The number of carbonyl (C=O) groups is 2. The normalized spacial score (nSPS) is 10.7. The molecule has 0 heterocycles. The van der Waals surface area contributed by atoms with E-state index >= 15 is 0 Å². The zero-order chi connectivity index (χ0) is 17.1. The van der Waals surface area contributed by atoms with Gasteiger partial charge in [0.1, 0.15) is 0 Å². The Hall–Kier alpha value is -1.88. The number of halogens is 2. The molecule has 0 fully saturated rings. The van der Waals surface area contributed by atoms with E-state index in [1.165, 1.54) is 12.1 Å². The summed E-state index contributed by atoms with van der Waals surface area (Å²) in [7, 11) is 0. The minimum Gasteiger partial charge on any atom is -0.465 e. The number of rotatable bonds is 9. The molecule has 4 nitrogen and oxygen atoms in total. The summed E-state index contributed by atoms with van der Waals surface area (Å²) in [5.41, 5.74) is 0. The molecule has 0 amide bonds. The standard InChI is InChI=1S/C17H20ClFO4/c1-2-3-4-5-12-22-15(20)10-7-11-16(21)23-17-13(18)8-6-9-14(17)19/h3-4,6,8-9H,2,5,7,10-12H2,1H3/b4-3+. The van der Waals surface area contributed by atoms with Gasteiger partial charge in [-0.05, 0) is 31.4 Å². The van der Waals surface area contributed by atoms with Crippen molar-refractivity contribution in [2.45, 2.75) is 39.0 Å². The molecule has 0 saturated carbocycles. The van der Waals surface area contributed by atoms with Crippen molar-refractivity contribution < 1.29 is 23.5 Å². The molecule has 0 spiro atoms. The molecule has 1 aromatic rings. The Morgan fingerprint density at radius 1 is 1.22 bits per heavy atom. The maximum Gasteiger partial charge on any atom is 0.311 e. The van der Waals surface area contributed by atoms with Crippen LogP contribution in [0, 0.1) is 5.82 Å². The summed E-state index contributed by atoms with van der Waals surface area (Å²) < 4.78 is 23.3. The van der Waals surface area contributed by atoms with Crippen LogP contribution in [0.1, 0.15) is 39.0 Å². The maximum absolute atomic E-state index is 13.4. The van der Waals surface area contributed by atoms with Crippen LogP contribution >= 0.6 is 11.6 Å². The third-order valence-corrected chi connectivity index (χ3v) is 3.14. The maximum atomic E-state index is 13.4. The van der Waals surface area contributed by atoms with Gasteiger partial charge in [-0.25, -0.2) is 4.39 Å². The second kappa shape index (κ2) is 10.8. The smallest absolute Gasteiger partial charge is 0.311 e.